The number of hydrogen-bond donors (Lipinski definition) is 3. The van der Waals surface area contributed by atoms with Crippen molar-refractivity contribution in [1.29, 1.82) is 0 Å². The van der Waals surface area contributed by atoms with Crippen molar-refractivity contribution in [2.24, 2.45) is 11.7 Å². The third-order valence-corrected chi connectivity index (χ3v) is 6.20. The lowest BCUT2D eigenvalue weighted by atomic mass is 9.87. The van der Waals surface area contributed by atoms with Gasteiger partial charge in [0.25, 0.3) is 11.8 Å². The molecule has 4 N–H and O–H groups in total. The summed E-state index contributed by atoms with van der Waals surface area (Å²) in [4.78, 5) is 36.1. The first-order valence-electron chi connectivity index (χ1n) is 11.6. The van der Waals surface area contributed by atoms with Crippen LogP contribution in [0.2, 0.25) is 0 Å². The number of nitrogens with one attached hydrogen (secondary N) is 2. The third kappa shape index (κ3) is 5.92. The fraction of sp³-hybridized carbons (Fsp3) is 0.296. The van der Waals surface area contributed by atoms with Crippen molar-refractivity contribution < 1.29 is 19.1 Å². The molecular weight excluding hydrogens is 430 g/mol. The maximum Gasteiger partial charge on any atom is 0.251 e. The molecule has 1 fully saturated rings. The van der Waals surface area contributed by atoms with Gasteiger partial charge in [-0.1, -0.05) is 30.3 Å². The summed E-state index contributed by atoms with van der Waals surface area (Å²) in [6.45, 7) is 0.645. The van der Waals surface area contributed by atoms with Gasteiger partial charge in [0.1, 0.15) is 5.75 Å². The summed E-state index contributed by atoms with van der Waals surface area (Å²) >= 11 is 0. The zero-order valence-corrected chi connectivity index (χ0v) is 19.0. The molecule has 3 aromatic rings. The lowest BCUT2D eigenvalue weighted by molar-refractivity contribution is -0.123. The molecule has 1 aliphatic carbocycles. The second kappa shape index (κ2) is 10.8. The normalized spacial score (nSPS) is 17.6. The average Bonchev–Trinajstić information content (AvgIpc) is 2.87. The number of carbonyl (C=O) groups is 3. The molecule has 7 nitrogen and oxygen atoms in total. The maximum absolute atomic E-state index is 12.4. The van der Waals surface area contributed by atoms with Gasteiger partial charge in [-0.3, -0.25) is 14.4 Å². The molecule has 0 spiro atoms. The first-order chi connectivity index (χ1) is 16.5. The highest BCUT2D eigenvalue weighted by Gasteiger charge is 2.25. The Hall–Kier alpha value is -3.87. The minimum absolute atomic E-state index is 0.0525. The smallest absolute Gasteiger partial charge is 0.251 e. The molecule has 0 radical (unpaired) electrons. The van der Waals surface area contributed by atoms with Crippen LogP contribution in [0, 0.1) is 5.92 Å². The van der Waals surface area contributed by atoms with E-state index < -0.39 is 0 Å². The molecule has 0 heterocycles. The van der Waals surface area contributed by atoms with Crippen LogP contribution in [0.5, 0.6) is 5.75 Å². The van der Waals surface area contributed by atoms with Crippen LogP contribution in [-0.4, -0.2) is 36.9 Å². The first-order valence-corrected chi connectivity index (χ1v) is 11.6. The Morgan fingerprint density at radius 2 is 1.35 bits per heavy atom. The Labute approximate surface area is 198 Å². The van der Waals surface area contributed by atoms with E-state index in [0.29, 0.717) is 30.0 Å². The van der Waals surface area contributed by atoms with Crippen molar-refractivity contribution in [3.63, 3.8) is 0 Å². The highest BCUT2D eigenvalue weighted by Crippen LogP contribution is 2.27. The lowest BCUT2D eigenvalue weighted by Gasteiger charge is -2.27. The van der Waals surface area contributed by atoms with Crippen molar-refractivity contribution in [3.8, 4) is 5.75 Å². The van der Waals surface area contributed by atoms with Gasteiger partial charge in [-0.25, -0.2) is 0 Å². The van der Waals surface area contributed by atoms with Crippen molar-refractivity contribution in [2.45, 2.75) is 31.8 Å². The van der Waals surface area contributed by atoms with Crippen molar-refractivity contribution in [3.05, 3.63) is 77.9 Å². The van der Waals surface area contributed by atoms with Crippen LogP contribution in [0.25, 0.3) is 10.8 Å². The van der Waals surface area contributed by atoms with Gasteiger partial charge in [-0.05, 0) is 72.9 Å². The van der Waals surface area contributed by atoms with Gasteiger partial charge in [-0.15, -0.1) is 0 Å². The summed E-state index contributed by atoms with van der Waals surface area (Å²) in [6.07, 6.45) is 3.14. The summed E-state index contributed by atoms with van der Waals surface area (Å²) < 4.78 is 5.98. The molecule has 1 saturated carbocycles. The van der Waals surface area contributed by atoms with Crippen LogP contribution in [0.15, 0.2) is 66.7 Å². The van der Waals surface area contributed by atoms with Gasteiger partial charge in [0.05, 0.1) is 6.10 Å². The van der Waals surface area contributed by atoms with Crippen LogP contribution in [0.1, 0.15) is 46.4 Å². The van der Waals surface area contributed by atoms with Crippen LogP contribution in [-0.2, 0) is 4.79 Å². The van der Waals surface area contributed by atoms with Crippen LogP contribution < -0.4 is 21.1 Å². The van der Waals surface area contributed by atoms with Crippen LogP contribution in [0.4, 0.5) is 0 Å². The van der Waals surface area contributed by atoms with Gasteiger partial charge in [0, 0.05) is 30.1 Å². The topological polar surface area (TPSA) is 111 Å². The third-order valence-electron chi connectivity index (χ3n) is 6.20. The van der Waals surface area contributed by atoms with E-state index in [1.54, 1.807) is 30.3 Å². The number of carbonyl (C=O) groups excluding carboxylic acids is 3. The largest absolute Gasteiger partial charge is 0.490 e. The highest BCUT2D eigenvalue weighted by molar-refractivity contribution is 5.98. The Morgan fingerprint density at radius 3 is 2.00 bits per heavy atom. The molecule has 3 amide bonds. The number of primary amides is 1. The first kappa shape index (κ1) is 23.3. The second-order valence-corrected chi connectivity index (χ2v) is 8.59. The van der Waals surface area contributed by atoms with Gasteiger partial charge < -0.3 is 21.1 Å². The highest BCUT2D eigenvalue weighted by atomic mass is 16.5. The van der Waals surface area contributed by atoms with Gasteiger partial charge in [0.15, 0.2) is 0 Å². The molecule has 0 unspecified atom stereocenters. The summed E-state index contributed by atoms with van der Waals surface area (Å²) in [5.74, 6) is 0.0203. The maximum atomic E-state index is 12.4. The molecule has 7 heteroatoms. The van der Waals surface area contributed by atoms with E-state index in [2.05, 4.69) is 10.6 Å². The molecule has 34 heavy (non-hydrogen) atoms. The predicted octanol–water partition coefficient (Wildman–Crippen LogP) is 3.42. The fourth-order valence-corrected chi connectivity index (χ4v) is 4.23. The molecule has 0 aromatic heterocycles. The standard InChI is InChI=1S/C27H29N3O4/c28-25(31)19-7-11-23(12-8-19)34-24-13-9-20(10-14-24)26(32)29-15-16-30-27(33)22-6-5-18-3-1-2-4-21(18)17-22/h1-6,9-10,13-14,17,19,23H,7-8,11-12,15-16H2,(H2,28,31)(H,29,32)(H,30,33)/t19-,23+. The van der Waals surface area contributed by atoms with Gasteiger partial charge >= 0.3 is 0 Å². The zero-order chi connectivity index (χ0) is 23.9. The van der Waals surface area contributed by atoms with E-state index in [0.717, 1.165) is 36.5 Å². The fourth-order valence-electron chi connectivity index (χ4n) is 4.23. The van der Waals surface area contributed by atoms with Crippen molar-refractivity contribution in [1.82, 2.24) is 10.6 Å². The van der Waals surface area contributed by atoms with Gasteiger partial charge in [0.2, 0.25) is 5.91 Å². The number of rotatable bonds is 8. The second-order valence-electron chi connectivity index (χ2n) is 8.59. The SMILES string of the molecule is NC(=O)[C@H]1CC[C@@H](Oc2ccc(C(=O)NCCNC(=O)c3ccc4ccccc4c3)cc2)CC1. The van der Waals surface area contributed by atoms with Gasteiger partial charge in [-0.2, -0.15) is 0 Å². The number of fused-ring (bicyclic) bond motifs is 1. The Bertz CT molecular complexity index is 1170. The molecule has 0 bridgehead atoms. The number of hydrogen-bond acceptors (Lipinski definition) is 4. The molecule has 1 aliphatic rings. The summed E-state index contributed by atoms with van der Waals surface area (Å²) in [5, 5.41) is 7.74. The molecule has 0 aliphatic heterocycles. The molecule has 0 atom stereocenters. The Balaban J connectivity index is 1.19. The number of nitrogens with two attached hydrogens (primary N) is 1. The minimum atomic E-state index is -0.234. The predicted molar refractivity (Wildman–Crippen MR) is 131 cm³/mol. The summed E-state index contributed by atoms with van der Waals surface area (Å²) in [7, 11) is 0. The van der Waals surface area contributed by atoms with Crippen LogP contribution in [0.3, 0.4) is 0 Å². The Morgan fingerprint density at radius 1 is 0.765 bits per heavy atom. The molecule has 176 valence electrons. The quantitative estimate of drug-likeness (QED) is 0.448. The van der Waals surface area contributed by atoms with E-state index in [1.165, 1.54) is 0 Å². The molecule has 4 rings (SSSR count). The molecule has 3 aromatic carbocycles. The van der Waals surface area contributed by atoms with E-state index in [1.807, 2.05) is 36.4 Å². The zero-order valence-electron chi connectivity index (χ0n) is 19.0. The number of amides is 3. The Kier molecular flexibility index (Phi) is 7.42. The van der Waals surface area contributed by atoms with E-state index >= 15 is 0 Å². The average molecular weight is 460 g/mol. The van der Waals surface area contributed by atoms with E-state index in [9.17, 15) is 14.4 Å². The molecule has 0 saturated heterocycles. The minimum Gasteiger partial charge on any atom is -0.490 e. The van der Waals surface area contributed by atoms with Crippen molar-refractivity contribution in [2.75, 3.05) is 13.1 Å². The van der Waals surface area contributed by atoms with E-state index in [4.69, 9.17) is 10.5 Å². The summed E-state index contributed by atoms with van der Waals surface area (Å²) in [6, 6.07) is 20.4. The number of benzene rings is 3. The summed E-state index contributed by atoms with van der Waals surface area (Å²) in [5.41, 5.74) is 6.48. The van der Waals surface area contributed by atoms with Crippen molar-refractivity contribution >= 4 is 28.5 Å². The monoisotopic (exact) mass is 459 g/mol. The lowest BCUT2D eigenvalue weighted by Crippen LogP contribution is -2.34. The van der Waals surface area contributed by atoms with Crippen LogP contribution >= 0.6 is 0 Å². The number of ether oxygens (including phenoxy) is 1. The van der Waals surface area contributed by atoms with E-state index in [-0.39, 0.29) is 29.7 Å². The molecular formula is C27H29N3O4.